The molecule has 0 bridgehead atoms. The molecule has 0 radical (unpaired) electrons. The highest BCUT2D eigenvalue weighted by Crippen LogP contribution is 2.39. The zero-order chi connectivity index (χ0) is 10.2. The van der Waals surface area contributed by atoms with Crippen molar-refractivity contribution in [2.24, 2.45) is 0 Å². The van der Waals surface area contributed by atoms with Crippen LogP contribution in [0.1, 0.15) is 12.5 Å². The smallest absolute Gasteiger partial charge is 0.133 e. The third-order valence-corrected chi connectivity index (χ3v) is 2.59. The van der Waals surface area contributed by atoms with Crippen LogP contribution in [0.5, 0.6) is 11.5 Å². The van der Waals surface area contributed by atoms with Crippen LogP contribution in [0.2, 0.25) is 0 Å². The Morgan fingerprint density at radius 1 is 1.57 bits per heavy atom. The average Bonchev–Trinajstić information content (AvgIpc) is 2.57. The minimum Gasteiger partial charge on any atom is -0.497 e. The zero-order valence-corrected chi connectivity index (χ0v) is 8.24. The maximum atomic E-state index is 11.0. The summed E-state index contributed by atoms with van der Waals surface area (Å²) in [7, 11) is 1.61. The van der Waals surface area contributed by atoms with E-state index in [1.165, 1.54) is 0 Å². The van der Waals surface area contributed by atoms with Crippen molar-refractivity contribution < 1.29 is 14.3 Å². The van der Waals surface area contributed by atoms with Gasteiger partial charge in [0, 0.05) is 5.56 Å². The van der Waals surface area contributed by atoms with Crippen LogP contribution in [-0.2, 0) is 10.2 Å². The van der Waals surface area contributed by atoms with Gasteiger partial charge in [0.1, 0.15) is 24.4 Å². The van der Waals surface area contributed by atoms with Crippen LogP contribution in [-0.4, -0.2) is 20.0 Å². The second kappa shape index (κ2) is 3.01. The van der Waals surface area contributed by atoms with Gasteiger partial charge in [0.15, 0.2) is 0 Å². The summed E-state index contributed by atoms with van der Waals surface area (Å²) in [4.78, 5) is 11.0. The third-order valence-electron chi connectivity index (χ3n) is 2.59. The van der Waals surface area contributed by atoms with Gasteiger partial charge in [-0.3, -0.25) is 0 Å². The van der Waals surface area contributed by atoms with Crippen molar-refractivity contribution in [3.8, 4) is 11.5 Å². The molecule has 0 fully saturated rings. The Labute approximate surface area is 82.6 Å². The van der Waals surface area contributed by atoms with Gasteiger partial charge in [0.25, 0.3) is 0 Å². The number of carbonyl (C=O) groups is 1. The van der Waals surface area contributed by atoms with E-state index in [-0.39, 0.29) is 0 Å². The van der Waals surface area contributed by atoms with Crippen molar-refractivity contribution in [1.29, 1.82) is 0 Å². The molecule has 1 aromatic carbocycles. The number of ether oxygens (including phenoxy) is 2. The Morgan fingerprint density at radius 3 is 3.00 bits per heavy atom. The summed E-state index contributed by atoms with van der Waals surface area (Å²) in [6.45, 7) is 2.28. The summed E-state index contributed by atoms with van der Waals surface area (Å²) in [5.74, 6) is 1.53. The lowest BCUT2D eigenvalue weighted by Crippen LogP contribution is -2.25. The first kappa shape index (κ1) is 9.06. The topological polar surface area (TPSA) is 35.5 Å². The molecule has 2 rings (SSSR count). The molecule has 0 spiro atoms. The standard InChI is InChI=1S/C11H12O3/c1-11(6-12)7-14-10-4-3-8(13-2)5-9(10)11/h3-6H,7H2,1-2H3. The molecule has 0 N–H and O–H groups in total. The minimum atomic E-state index is -0.524. The van der Waals surface area contributed by atoms with Crippen LogP contribution in [0.25, 0.3) is 0 Å². The van der Waals surface area contributed by atoms with Gasteiger partial charge in [-0.25, -0.2) is 0 Å². The average molecular weight is 192 g/mol. The molecule has 3 heteroatoms. The van der Waals surface area contributed by atoms with Gasteiger partial charge in [0.05, 0.1) is 12.5 Å². The summed E-state index contributed by atoms with van der Waals surface area (Å²) >= 11 is 0. The van der Waals surface area contributed by atoms with Gasteiger partial charge in [-0.05, 0) is 25.1 Å². The Bertz CT molecular complexity index is 373. The lowest BCUT2D eigenvalue weighted by molar-refractivity contribution is -0.112. The molecule has 1 aliphatic heterocycles. The van der Waals surface area contributed by atoms with Gasteiger partial charge in [-0.1, -0.05) is 0 Å². The van der Waals surface area contributed by atoms with Crippen LogP contribution >= 0.6 is 0 Å². The van der Waals surface area contributed by atoms with Crippen LogP contribution < -0.4 is 9.47 Å². The van der Waals surface area contributed by atoms with E-state index in [0.29, 0.717) is 6.61 Å². The van der Waals surface area contributed by atoms with Crippen LogP contribution in [0.3, 0.4) is 0 Å². The van der Waals surface area contributed by atoms with Crippen LogP contribution in [0.15, 0.2) is 18.2 Å². The van der Waals surface area contributed by atoms with E-state index in [0.717, 1.165) is 23.3 Å². The summed E-state index contributed by atoms with van der Waals surface area (Å²) in [6, 6.07) is 5.52. The van der Waals surface area contributed by atoms with Gasteiger partial charge in [-0.2, -0.15) is 0 Å². The van der Waals surface area contributed by atoms with Crippen molar-refractivity contribution in [2.75, 3.05) is 13.7 Å². The predicted octanol–water partition coefficient (Wildman–Crippen LogP) is 1.54. The fourth-order valence-corrected chi connectivity index (χ4v) is 1.61. The maximum Gasteiger partial charge on any atom is 0.133 e. The molecule has 74 valence electrons. The SMILES string of the molecule is COc1ccc2c(c1)C(C)(C=O)CO2. The molecule has 3 nitrogen and oxygen atoms in total. The number of benzene rings is 1. The summed E-state index contributed by atoms with van der Waals surface area (Å²) < 4.78 is 10.5. The molecule has 0 amide bonds. The number of carbonyl (C=O) groups excluding carboxylic acids is 1. The Kier molecular flexibility index (Phi) is 1.95. The van der Waals surface area contributed by atoms with E-state index >= 15 is 0 Å². The summed E-state index contributed by atoms with van der Waals surface area (Å²) in [6.07, 6.45) is 0.929. The largest absolute Gasteiger partial charge is 0.497 e. The lowest BCUT2D eigenvalue weighted by Gasteiger charge is -2.13. The first-order valence-corrected chi connectivity index (χ1v) is 4.47. The monoisotopic (exact) mass is 192 g/mol. The molecule has 1 atom stereocenters. The third kappa shape index (κ3) is 1.16. The van der Waals surface area contributed by atoms with Gasteiger partial charge < -0.3 is 14.3 Å². The minimum absolute atomic E-state index is 0.416. The molecule has 1 heterocycles. The van der Waals surface area contributed by atoms with Gasteiger partial charge in [-0.15, -0.1) is 0 Å². The second-order valence-electron chi connectivity index (χ2n) is 3.69. The first-order chi connectivity index (χ1) is 6.69. The van der Waals surface area contributed by atoms with Gasteiger partial charge >= 0.3 is 0 Å². The fraction of sp³-hybridized carbons (Fsp3) is 0.364. The Morgan fingerprint density at radius 2 is 2.36 bits per heavy atom. The number of hydrogen-bond donors (Lipinski definition) is 0. The van der Waals surface area contributed by atoms with Crippen molar-refractivity contribution in [1.82, 2.24) is 0 Å². The van der Waals surface area contributed by atoms with E-state index in [1.807, 2.05) is 25.1 Å². The molecular formula is C11H12O3. The quantitative estimate of drug-likeness (QED) is 0.667. The number of hydrogen-bond acceptors (Lipinski definition) is 3. The normalized spacial score (nSPS) is 23.9. The molecule has 0 saturated heterocycles. The number of rotatable bonds is 2. The number of aldehydes is 1. The molecule has 0 saturated carbocycles. The van der Waals surface area contributed by atoms with Crippen LogP contribution in [0, 0.1) is 0 Å². The van der Waals surface area contributed by atoms with Crippen LogP contribution in [0.4, 0.5) is 0 Å². The fourth-order valence-electron chi connectivity index (χ4n) is 1.61. The van der Waals surface area contributed by atoms with Crippen molar-refractivity contribution in [3.05, 3.63) is 23.8 Å². The Hall–Kier alpha value is -1.51. The molecule has 14 heavy (non-hydrogen) atoms. The number of methoxy groups -OCH3 is 1. The predicted molar refractivity (Wildman–Crippen MR) is 51.9 cm³/mol. The highest BCUT2D eigenvalue weighted by molar-refractivity contribution is 5.72. The molecule has 0 aliphatic carbocycles. The first-order valence-electron chi connectivity index (χ1n) is 4.47. The van der Waals surface area contributed by atoms with E-state index in [1.54, 1.807) is 7.11 Å². The summed E-state index contributed by atoms with van der Waals surface area (Å²) in [5.41, 5.74) is 0.385. The molecule has 1 aliphatic rings. The van der Waals surface area contributed by atoms with Crippen molar-refractivity contribution >= 4 is 6.29 Å². The maximum absolute atomic E-state index is 11.0. The zero-order valence-electron chi connectivity index (χ0n) is 8.24. The highest BCUT2D eigenvalue weighted by Gasteiger charge is 2.36. The van der Waals surface area contributed by atoms with Gasteiger partial charge in [0.2, 0.25) is 0 Å². The van der Waals surface area contributed by atoms with E-state index < -0.39 is 5.41 Å². The summed E-state index contributed by atoms with van der Waals surface area (Å²) in [5, 5.41) is 0. The molecule has 1 aromatic rings. The van der Waals surface area contributed by atoms with E-state index in [2.05, 4.69) is 0 Å². The van der Waals surface area contributed by atoms with Crippen molar-refractivity contribution in [3.63, 3.8) is 0 Å². The second-order valence-corrected chi connectivity index (χ2v) is 3.69. The van der Waals surface area contributed by atoms with Crippen molar-refractivity contribution in [2.45, 2.75) is 12.3 Å². The molecule has 0 aromatic heterocycles. The molecular weight excluding hydrogens is 180 g/mol. The number of fused-ring (bicyclic) bond motifs is 1. The van der Waals surface area contributed by atoms with E-state index in [4.69, 9.17) is 9.47 Å². The molecule has 1 unspecified atom stereocenters. The highest BCUT2D eigenvalue weighted by atomic mass is 16.5. The van der Waals surface area contributed by atoms with E-state index in [9.17, 15) is 4.79 Å². The lowest BCUT2D eigenvalue weighted by atomic mass is 9.86. The Balaban J connectivity index is 2.52.